The van der Waals surface area contributed by atoms with Gasteiger partial charge in [0.15, 0.2) is 0 Å². The van der Waals surface area contributed by atoms with E-state index in [9.17, 15) is 29.7 Å². The molecule has 0 aliphatic carbocycles. The Kier molecular flexibility index (Phi) is 57.5. The molecular formula is C42H81IrO6. The van der Waals surface area contributed by atoms with Crippen LogP contribution in [0.2, 0.25) is 0 Å². The predicted octanol–water partition coefficient (Wildman–Crippen LogP) is 10.3. The van der Waals surface area contributed by atoms with E-state index in [4.69, 9.17) is 0 Å². The Hall–Kier alpha value is -0.941. The molecule has 0 aromatic carbocycles. The molecule has 49 heavy (non-hydrogen) atoms. The van der Waals surface area contributed by atoms with Gasteiger partial charge in [-0.15, -0.1) is 0 Å². The summed E-state index contributed by atoms with van der Waals surface area (Å²) in [6.45, 7) is 6.73. The standard InChI is InChI=1S/3C14H28O2.Ir/c3*1-2-3-4-5-6-7-8-9-10-11-12-13-14(15)16;/h3*2-13H2,1H3,(H,15,16);/q;;;+3/p-3. The van der Waals surface area contributed by atoms with Crippen molar-refractivity contribution in [2.75, 3.05) is 0 Å². The average Bonchev–Trinajstić information content (AvgIpc) is 3.05. The summed E-state index contributed by atoms with van der Waals surface area (Å²) in [4.78, 5) is 30.4. The molecule has 0 unspecified atom stereocenters. The van der Waals surface area contributed by atoms with Crippen molar-refractivity contribution >= 4 is 17.9 Å². The van der Waals surface area contributed by atoms with E-state index in [2.05, 4.69) is 20.8 Å². The molecule has 0 spiro atoms. The Bertz CT molecular complexity index is 557. The molecule has 0 aliphatic rings. The van der Waals surface area contributed by atoms with Gasteiger partial charge in [0.05, 0.1) is 0 Å². The number of hydrogen-bond donors (Lipinski definition) is 0. The van der Waals surface area contributed by atoms with E-state index in [1.54, 1.807) is 0 Å². The fourth-order valence-corrected chi connectivity index (χ4v) is 5.80. The molecule has 0 radical (unpaired) electrons. The van der Waals surface area contributed by atoms with Gasteiger partial charge in [-0.3, -0.25) is 0 Å². The molecule has 0 N–H and O–H groups in total. The zero-order valence-corrected chi connectivity index (χ0v) is 35.1. The summed E-state index contributed by atoms with van der Waals surface area (Å²) < 4.78 is 0. The van der Waals surface area contributed by atoms with Crippen molar-refractivity contribution in [3.8, 4) is 0 Å². The number of carboxylic acid groups (broad SMARTS) is 3. The normalized spacial score (nSPS) is 10.3. The molecule has 294 valence electrons. The smallest absolute Gasteiger partial charge is 0.550 e. The number of rotatable bonds is 36. The van der Waals surface area contributed by atoms with E-state index in [0.717, 1.165) is 38.5 Å². The predicted molar refractivity (Wildman–Crippen MR) is 198 cm³/mol. The van der Waals surface area contributed by atoms with E-state index in [0.29, 0.717) is 0 Å². The van der Waals surface area contributed by atoms with Crippen molar-refractivity contribution in [1.29, 1.82) is 0 Å². The second kappa shape index (κ2) is 51.4. The van der Waals surface area contributed by atoms with Crippen LogP contribution in [-0.2, 0) is 34.5 Å². The molecule has 0 atom stereocenters. The largest absolute Gasteiger partial charge is 3.00 e. The first-order chi connectivity index (χ1) is 23.3. The van der Waals surface area contributed by atoms with Gasteiger partial charge in [-0.1, -0.05) is 213 Å². The van der Waals surface area contributed by atoms with Crippen LogP contribution in [0.4, 0.5) is 0 Å². The van der Waals surface area contributed by atoms with Crippen molar-refractivity contribution in [2.45, 2.75) is 252 Å². The second-order valence-electron chi connectivity index (χ2n) is 14.0. The molecule has 0 amide bonds. The zero-order chi connectivity index (χ0) is 36.2. The van der Waals surface area contributed by atoms with Gasteiger partial charge in [0.1, 0.15) is 0 Å². The van der Waals surface area contributed by atoms with Crippen LogP contribution in [0.5, 0.6) is 0 Å². The topological polar surface area (TPSA) is 120 Å². The third-order valence-corrected chi connectivity index (χ3v) is 8.95. The van der Waals surface area contributed by atoms with E-state index in [-0.39, 0.29) is 39.4 Å². The first kappa shape index (κ1) is 54.8. The van der Waals surface area contributed by atoms with Crippen LogP contribution in [0.15, 0.2) is 0 Å². The van der Waals surface area contributed by atoms with Crippen molar-refractivity contribution in [1.82, 2.24) is 0 Å². The zero-order valence-electron chi connectivity index (χ0n) is 32.7. The molecule has 0 saturated carbocycles. The molecule has 0 fully saturated rings. The minimum atomic E-state index is -0.907. The van der Waals surface area contributed by atoms with Crippen LogP contribution in [0, 0.1) is 0 Å². The molecule has 0 aliphatic heterocycles. The van der Waals surface area contributed by atoms with Crippen molar-refractivity contribution in [3.05, 3.63) is 0 Å². The van der Waals surface area contributed by atoms with Gasteiger partial charge >= 0.3 is 20.1 Å². The van der Waals surface area contributed by atoms with Gasteiger partial charge in [0, 0.05) is 17.9 Å². The third-order valence-electron chi connectivity index (χ3n) is 8.95. The maximum atomic E-state index is 10.1. The molecule has 0 aromatic heterocycles. The van der Waals surface area contributed by atoms with Gasteiger partial charge < -0.3 is 29.7 Å². The van der Waals surface area contributed by atoms with Gasteiger partial charge in [0.25, 0.3) is 0 Å². The molecule has 0 saturated heterocycles. The quantitative estimate of drug-likeness (QED) is 0.0578. The van der Waals surface area contributed by atoms with Crippen LogP contribution >= 0.6 is 0 Å². The summed E-state index contributed by atoms with van der Waals surface area (Å²) in [6.07, 6.45) is 42.1. The molecule has 0 bridgehead atoms. The van der Waals surface area contributed by atoms with E-state index >= 15 is 0 Å². The van der Waals surface area contributed by atoms with Crippen molar-refractivity contribution < 1.29 is 49.8 Å². The summed E-state index contributed by atoms with van der Waals surface area (Å²) in [5, 5.41) is 30.4. The number of carbonyl (C=O) groups excluding carboxylic acids is 3. The minimum Gasteiger partial charge on any atom is -0.550 e. The Morgan fingerprint density at radius 1 is 0.265 bits per heavy atom. The SMILES string of the molecule is CCCCCCCCCCCCCC(=O)[O-].CCCCCCCCCCCCCC(=O)[O-].CCCCCCCCCCCCCC(=O)[O-].[Ir+3]. The molecule has 0 heterocycles. The minimum absolute atomic E-state index is 0. The summed E-state index contributed by atoms with van der Waals surface area (Å²) in [6, 6.07) is 0. The Morgan fingerprint density at radius 2 is 0.388 bits per heavy atom. The number of unbranched alkanes of at least 4 members (excludes halogenated alkanes) is 30. The van der Waals surface area contributed by atoms with Gasteiger partial charge in [-0.05, 0) is 38.5 Å². The van der Waals surface area contributed by atoms with E-state index < -0.39 is 17.9 Å². The average molecular weight is 874 g/mol. The number of carboxylic acids is 3. The Morgan fingerprint density at radius 3 is 0.510 bits per heavy atom. The maximum absolute atomic E-state index is 10.1. The molecule has 0 aromatic rings. The van der Waals surface area contributed by atoms with Crippen LogP contribution < -0.4 is 15.3 Å². The Balaban J connectivity index is -0.000000307. The number of hydrogen-bond acceptors (Lipinski definition) is 6. The van der Waals surface area contributed by atoms with E-state index in [1.807, 2.05) is 0 Å². The van der Waals surface area contributed by atoms with Gasteiger partial charge in [0.2, 0.25) is 0 Å². The fraction of sp³-hybridized carbons (Fsp3) is 0.929. The van der Waals surface area contributed by atoms with Crippen LogP contribution in [-0.4, -0.2) is 17.9 Å². The van der Waals surface area contributed by atoms with Crippen molar-refractivity contribution in [3.63, 3.8) is 0 Å². The molecular weight excluding hydrogens is 793 g/mol. The van der Waals surface area contributed by atoms with Crippen molar-refractivity contribution in [2.24, 2.45) is 0 Å². The first-order valence-corrected chi connectivity index (χ1v) is 20.9. The van der Waals surface area contributed by atoms with Gasteiger partial charge in [-0.2, -0.15) is 0 Å². The van der Waals surface area contributed by atoms with Gasteiger partial charge in [-0.25, -0.2) is 0 Å². The van der Waals surface area contributed by atoms with E-state index in [1.165, 1.54) is 173 Å². The summed E-state index contributed by atoms with van der Waals surface area (Å²) >= 11 is 0. The molecule has 7 heteroatoms. The van der Waals surface area contributed by atoms with Crippen LogP contribution in [0.3, 0.4) is 0 Å². The summed E-state index contributed by atoms with van der Waals surface area (Å²) in [7, 11) is 0. The first-order valence-electron chi connectivity index (χ1n) is 20.9. The van der Waals surface area contributed by atoms with Crippen LogP contribution in [0.1, 0.15) is 252 Å². The summed E-state index contributed by atoms with van der Waals surface area (Å²) in [5.41, 5.74) is 0. The molecule has 0 rings (SSSR count). The maximum Gasteiger partial charge on any atom is 3.00 e. The fourth-order valence-electron chi connectivity index (χ4n) is 5.80. The van der Waals surface area contributed by atoms with Crippen LogP contribution in [0.25, 0.3) is 0 Å². The second-order valence-corrected chi connectivity index (χ2v) is 14.0. The monoisotopic (exact) mass is 875 g/mol. The molecule has 6 nitrogen and oxygen atoms in total. The number of carbonyl (C=O) groups is 3. The Labute approximate surface area is 318 Å². The third kappa shape index (κ3) is 66.0. The number of aliphatic carboxylic acids is 3. The summed E-state index contributed by atoms with van der Waals surface area (Å²) in [5.74, 6) is -2.72.